The van der Waals surface area contributed by atoms with Crippen LogP contribution < -0.4 is 5.32 Å². The SMILES string of the molecule is O=C(CN1CCCCC1c1ccc(C(F)(F)F)cc1)NCc1cccs1. The number of rotatable bonds is 5. The molecule has 1 unspecified atom stereocenters. The molecule has 1 saturated heterocycles. The summed E-state index contributed by atoms with van der Waals surface area (Å²) in [5, 5.41) is 4.88. The van der Waals surface area contributed by atoms with Crippen LogP contribution in [0.2, 0.25) is 0 Å². The van der Waals surface area contributed by atoms with Crippen LogP contribution >= 0.6 is 11.3 Å². The van der Waals surface area contributed by atoms with Crippen LogP contribution in [-0.2, 0) is 17.5 Å². The fraction of sp³-hybridized carbons (Fsp3) is 0.421. The number of alkyl halides is 3. The van der Waals surface area contributed by atoms with Gasteiger partial charge in [-0.1, -0.05) is 24.6 Å². The fourth-order valence-corrected chi connectivity index (χ4v) is 3.94. The summed E-state index contributed by atoms with van der Waals surface area (Å²) < 4.78 is 38.2. The van der Waals surface area contributed by atoms with Gasteiger partial charge in [-0.05, 0) is 48.5 Å². The Morgan fingerprint density at radius 1 is 1.19 bits per heavy atom. The van der Waals surface area contributed by atoms with Gasteiger partial charge in [-0.2, -0.15) is 13.2 Å². The van der Waals surface area contributed by atoms with Crippen molar-refractivity contribution in [2.75, 3.05) is 13.1 Å². The van der Waals surface area contributed by atoms with E-state index in [9.17, 15) is 18.0 Å². The summed E-state index contributed by atoms with van der Waals surface area (Å²) in [5.74, 6) is -0.0581. The van der Waals surface area contributed by atoms with Crippen molar-refractivity contribution in [1.82, 2.24) is 10.2 Å². The number of hydrogen-bond acceptors (Lipinski definition) is 3. The molecule has 1 amide bonds. The Morgan fingerprint density at radius 3 is 2.62 bits per heavy atom. The number of nitrogens with one attached hydrogen (secondary N) is 1. The molecule has 2 heterocycles. The average molecular weight is 382 g/mol. The van der Waals surface area contributed by atoms with Gasteiger partial charge < -0.3 is 5.32 Å². The topological polar surface area (TPSA) is 32.3 Å². The fourth-order valence-electron chi connectivity index (χ4n) is 3.29. The van der Waals surface area contributed by atoms with E-state index in [2.05, 4.69) is 10.2 Å². The van der Waals surface area contributed by atoms with Crippen LogP contribution in [0.25, 0.3) is 0 Å². The monoisotopic (exact) mass is 382 g/mol. The molecule has 0 bridgehead atoms. The molecule has 7 heteroatoms. The molecule has 2 aromatic rings. The second-order valence-electron chi connectivity index (χ2n) is 6.46. The summed E-state index contributed by atoms with van der Waals surface area (Å²) in [5.41, 5.74) is 0.195. The zero-order chi connectivity index (χ0) is 18.6. The van der Waals surface area contributed by atoms with Gasteiger partial charge in [0, 0.05) is 10.9 Å². The van der Waals surface area contributed by atoms with Gasteiger partial charge in [0.05, 0.1) is 18.7 Å². The number of carbonyl (C=O) groups is 1. The summed E-state index contributed by atoms with van der Waals surface area (Å²) in [4.78, 5) is 15.4. The zero-order valence-electron chi connectivity index (χ0n) is 14.3. The summed E-state index contributed by atoms with van der Waals surface area (Å²) in [6.07, 6.45) is -1.47. The number of carbonyl (C=O) groups excluding carboxylic acids is 1. The lowest BCUT2D eigenvalue weighted by molar-refractivity contribution is -0.137. The maximum atomic E-state index is 12.7. The zero-order valence-corrected chi connectivity index (χ0v) is 15.1. The van der Waals surface area contributed by atoms with Crippen molar-refractivity contribution in [2.45, 2.75) is 38.0 Å². The number of likely N-dealkylation sites (tertiary alicyclic amines) is 1. The Morgan fingerprint density at radius 2 is 1.96 bits per heavy atom. The number of hydrogen-bond donors (Lipinski definition) is 1. The van der Waals surface area contributed by atoms with Crippen molar-refractivity contribution in [3.8, 4) is 0 Å². The van der Waals surface area contributed by atoms with E-state index in [1.807, 2.05) is 17.5 Å². The van der Waals surface area contributed by atoms with Crippen LogP contribution in [0, 0.1) is 0 Å². The molecule has 1 atom stereocenters. The molecule has 1 N–H and O–H groups in total. The van der Waals surface area contributed by atoms with E-state index in [1.54, 1.807) is 11.3 Å². The summed E-state index contributed by atoms with van der Waals surface area (Å²) in [6.45, 7) is 1.55. The summed E-state index contributed by atoms with van der Waals surface area (Å²) in [7, 11) is 0. The van der Waals surface area contributed by atoms with E-state index in [1.165, 1.54) is 12.1 Å². The molecule has 3 rings (SSSR count). The predicted molar refractivity (Wildman–Crippen MR) is 95.8 cm³/mol. The molecule has 0 saturated carbocycles. The maximum absolute atomic E-state index is 12.7. The Labute approximate surface area is 154 Å². The minimum absolute atomic E-state index is 0.0153. The van der Waals surface area contributed by atoms with Crippen molar-refractivity contribution in [3.05, 3.63) is 57.8 Å². The van der Waals surface area contributed by atoms with E-state index in [4.69, 9.17) is 0 Å². The third-order valence-electron chi connectivity index (χ3n) is 4.62. The molecular weight excluding hydrogens is 361 g/mol. The van der Waals surface area contributed by atoms with Gasteiger partial charge in [0.1, 0.15) is 0 Å². The highest BCUT2D eigenvalue weighted by molar-refractivity contribution is 7.09. The molecule has 1 aliphatic rings. The maximum Gasteiger partial charge on any atom is 0.416 e. The first-order valence-electron chi connectivity index (χ1n) is 8.64. The van der Waals surface area contributed by atoms with E-state index >= 15 is 0 Å². The first-order chi connectivity index (χ1) is 12.4. The van der Waals surface area contributed by atoms with Crippen LogP contribution in [0.15, 0.2) is 41.8 Å². The number of nitrogens with zero attached hydrogens (tertiary/aromatic N) is 1. The van der Waals surface area contributed by atoms with E-state index in [-0.39, 0.29) is 18.5 Å². The van der Waals surface area contributed by atoms with Gasteiger partial charge in [-0.15, -0.1) is 11.3 Å². The van der Waals surface area contributed by atoms with Gasteiger partial charge in [-0.3, -0.25) is 9.69 Å². The molecule has 140 valence electrons. The Balaban J connectivity index is 1.63. The van der Waals surface area contributed by atoms with Crippen molar-refractivity contribution < 1.29 is 18.0 Å². The standard InChI is InChI=1S/C19H21F3N2OS/c20-19(21,22)15-8-6-14(7-9-15)17-5-1-2-10-24(17)13-18(25)23-12-16-4-3-11-26-16/h3-4,6-9,11,17H,1-2,5,10,12-13H2,(H,23,25). The van der Waals surface area contributed by atoms with Gasteiger partial charge in [0.15, 0.2) is 0 Å². The van der Waals surface area contributed by atoms with Crippen molar-refractivity contribution in [1.29, 1.82) is 0 Å². The minimum Gasteiger partial charge on any atom is -0.350 e. The quantitative estimate of drug-likeness (QED) is 0.819. The molecule has 1 fully saturated rings. The second kappa shape index (κ2) is 8.22. The van der Waals surface area contributed by atoms with Gasteiger partial charge >= 0.3 is 6.18 Å². The third-order valence-corrected chi connectivity index (χ3v) is 5.50. The van der Waals surface area contributed by atoms with Crippen molar-refractivity contribution in [2.24, 2.45) is 0 Å². The lowest BCUT2D eigenvalue weighted by Crippen LogP contribution is -2.41. The number of halogens is 3. The first kappa shape index (κ1) is 18.9. The number of benzene rings is 1. The highest BCUT2D eigenvalue weighted by Gasteiger charge is 2.31. The second-order valence-corrected chi connectivity index (χ2v) is 7.49. The number of piperidine rings is 1. The average Bonchev–Trinajstić information content (AvgIpc) is 3.13. The van der Waals surface area contributed by atoms with Gasteiger partial charge in [-0.25, -0.2) is 0 Å². The summed E-state index contributed by atoms with van der Waals surface area (Å²) >= 11 is 1.59. The number of amides is 1. The Bertz CT molecular complexity index is 713. The van der Waals surface area contributed by atoms with Crippen LogP contribution in [-0.4, -0.2) is 23.9 Å². The normalized spacial score (nSPS) is 18.7. The smallest absolute Gasteiger partial charge is 0.350 e. The van der Waals surface area contributed by atoms with Gasteiger partial charge in [0.25, 0.3) is 0 Å². The molecule has 0 aliphatic carbocycles. The molecule has 1 aromatic carbocycles. The van der Waals surface area contributed by atoms with Crippen LogP contribution in [0.1, 0.15) is 41.3 Å². The molecule has 1 aliphatic heterocycles. The first-order valence-corrected chi connectivity index (χ1v) is 9.52. The van der Waals surface area contributed by atoms with Crippen molar-refractivity contribution >= 4 is 17.2 Å². The van der Waals surface area contributed by atoms with E-state index in [0.717, 1.165) is 48.4 Å². The third kappa shape index (κ3) is 4.86. The lowest BCUT2D eigenvalue weighted by atomic mass is 9.94. The largest absolute Gasteiger partial charge is 0.416 e. The van der Waals surface area contributed by atoms with E-state index in [0.29, 0.717) is 6.54 Å². The predicted octanol–water partition coefficient (Wildman–Crippen LogP) is 4.61. The molecular formula is C19H21F3N2OS. The Hall–Kier alpha value is -1.86. The molecule has 0 spiro atoms. The Kier molecular flexibility index (Phi) is 5.98. The van der Waals surface area contributed by atoms with Gasteiger partial charge in [0.2, 0.25) is 5.91 Å². The molecule has 26 heavy (non-hydrogen) atoms. The lowest BCUT2D eigenvalue weighted by Gasteiger charge is -2.35. The summed E-state index contributed by atoms with van der Waals surface area (Å²) in [6, 6.07) is 9.22. The highest BCUT2D eigenvalue weighted by atomic mass is 32.1. The number of thiophene rings is 1. The highest BCUT2D eigenvalue weighted by Crippen LogP contribution is 2.34. The van der Waals surface area contributed by atoms with Crippen molar-refractivity contribution in [3.63, 3.8) is 0 Å². The van der Waals surface area contributed by atoms with Crippen LogP contribution in [0.4, 0.5) is 13.2 Å². The minimum atomic E-state index is -4.33. The molecule has 1 aromatic heterocycles. The van der Waals surface area contributed by atoms with Crippen LogP contribution in [0.3, 0.4) is 0 Å². The molecule has 3 nitrogen and oxygen atoms in total. The molecule has 0 radical (unpaired) electrons. The van der Waals surface area contributed by atoms with Crippen LogP contribution in [0.5, 0.6) is 0 Å². The van der Waals surface area contributed by atoms with E-state index < -0.39 is 11.7 Å².